The van der Waals surface area contributed by atoms with Crippen LogP contribution in [0.4, 0.5) is 0 Å². The van der Waals surface area contributed by atoms with Crippen LogP contribution in [0, 0.1) is 6.92 Å². The highest BCUT2D eigenvalue weighted by molar-refractivity contribution is 7.92. The number of hydrogen-bond acceptors (Lipinski definition) is 4. The molecule has 26 heavy (non-hydrogen) atoms. The Kier molecular flexibility index (Phi) is 7.93. The number of hydrogen-bond donors (Lipinski definition) is 2. The average Bonchev–Trinajstić information content (AvgIpc) is 2.53. The predicted molar refractivity (Wildman–Crippen MR) is 109 cm³/mol. The average molecular weight is 384 g/mol. The zero-order valence-electron chi connectivity index (χ0n) is 17.0. The molecule has 0 aliphatic heterocycles. The summed E-state index contributed by atoms with van der Waals surface area (Å²) in [4.78, 5) is 4.43. The molecule has 1 unspecified atom stereocenters. The molecule has 0 aliphatic carbocycles. The maximum Gasteiger partial charge on any atom is 0.191 e. The quantitative estimate of drug-likeness (QED) is 0.559. The Hall–Kier alpha value is -1.76. The summed E-state index contributed by atoms with van der Waals surface area (Å²) in [6.45, 7) is 12.1. The number of nitrogens with zero attached hydrogens (tertiary/aromatic N) is 1. The van der Waals surface area contributed by atoms with Gasteiger partial charge in [0.2, 0.25) is 0 Å². The molecule has 0 spiro atoms. The number of aryl methyl sites for hydroxylation is 1. The molecule has 0 fully saturated rings. The van der Waals surface area contributed by atoms with Crippen LogP contribution in [0.15, 0.2) is 23.2 Å². The Morgan fingerprint density at radius 2 is 1.96 bits per heavy atom. The van der Waals surface area contributed by atoms with Gasteiger partial charge in [0.05, 0.1) is 30.2 Å². The molecule has 0 heterocycles. The number of aliphatic imine (C=N–C) groups is 1. The van der Waals surface area contributed by atoms with Crippen molar-refractivity contribution in [2.24, 2.45) is 4.99 Å². The van der Waals surface area contributed by atoms with Gasteiger partial charge in [-0.2, -0.15) is 0 Å². The Morgan fingerprint density at radius 1 is 1.31 bits per heavy atom. The zero-order valence-corrected chi connectivity index (χ0v) is 17.8. The van der Waals surface area contributed by atoms with Gasteiger partial charge in [-0.3, -0.25) is 4.99 Å². The first kappa shape index (κ1) is 22.3. The van der Waals surface area contributed by atoms with E-state index in [9.17, 15) is 8.42 Å². The number of guanidine groups is 1. The van der Waals surface area contributed by atoms with Gasteiger partial charge in [-0.15, -0.1) is 0 Å². The highest BCUT2D eigenvalue weighted by Gasteiger charge is 2.28. The number of ether oxygens (including phenoxy) is 1. The molecule has 0 bridgehead atoms. The standard InChI is InChI=1S/C19H33N3O3S/c1-8-20-18(21-11-12-26(23,24)19(4,5)6)22-15(3)16-13-14(2)9-10-17(16)25-7/h9-10,13,15H,8,11-12H2,1-7H3,(H2,20,21,22). The van der Waals surface area contributed by atoms with Gasteiger partial charge in [-0.05, 0) is 47.6 Å². The van der Waals surface area contributed by atoms with Crippen molar-refractivity contribution < 1.29 is 13.2 Å². The van der Waals surface area contributed by atoms with Crippen molar-refractivity contribution in [3.05, 3.63) is 29.3 Å². The van der Waals surface area contributed by atoms with Crippen molar-refractivity contribution >= 4 is 15.8 Å². The van der Waals surface area contributed by atoms with E-state index in [0.717, 1.165) is 16.9 Å². The third kappa shape index (κ3) is 6.20. The molecule has 7 heteroatoms. The van der Waals surface area contributed by atoms with Crippen molar-refractivity contribution in [3.8, 4) is 5.75 Å². The molecule has 1 aromatic carbocycles. The first-order chi connectivity index (χ1) is 12.0. The smallest absolute Gasteiger partial charge is 0.191 e. The molecular formula is C19H33N3O3S. The molecule has 2 N–H and O–H groups in total. The second kappa shape index (κ2) is 9.26. The second-order valence-corrected chi connectivity index (χ2v) is 10.2. The second-order valence-electron chi connectivity index (χ2n) is 7.30. The van der Waals surface area contributed by atoms with Gasteiger partial charge in [0, 0.05) is 12.1 Å². The van der Waals surface area contributed by atoms with Crippen LogP contribution in [0.25, 0.3) is 0 Å². The van der Waals surface area contributed by atoms with E-state index in [-0.39, 0.29) is 18.3 Å². The highest BCUT2D eigenvalue weighted by atomic mass is 32.2. The molecule has 0 amide bonds. The number of nitrogens with one attached hydrogen (secondary N) is 2. The Labute approximate surface area is 158 Å². The molecule has 0 aliphatic rings. The van der Waals surface area contributed by atoms with Crippen molar-refractivity contribution in [3.63, 3.8) is 0 Å². The maximum atomic E-state index is 12.2. The first-order valence-electron chi connectivity index (χ1n) is 8.93. The molecule has 1 rings (SSSR count). The summed E-state index contributed by atoms with van der Waals surface area (Å²) in [6, 6.07) is 5.99. The van der Waals surface area contributed by atoms with Crippen molar-refractivity contribution in [2.75, 3.05) is 26.0 Å². The van der Waals surface area contributed by atoms with Crippen molar-refractivity contribution in [1.82, 2.24) is 10.6 Å². The maximum absolute atomic E-state index is 12.2. The molecule has 1 aromatic rings. The van der Waals surface area contributed by atoms with Crippen molar-refractivity contribution in [1.29, 1.82) is 0 Å². The first-order valence-corrected chi connectivity index (χ1v) is 10.6. The minimum absolute atomic E-state index is 0.0230. The third-order valence-corrected chi connectivity index (χ3v) is 6.70. The van der Waals surface area contributed by atoms with E-state index in [1.807, 2.05) is 32.9 Å². The highest BCUT2D eigenvalue weighted by Crippen LogP contribution is 2.26. The number of sulfone groups is 1. The monoisotopic (exact) mass is 383 g/mol. The minimum atomic E-state index is -3.19. The molecule has 0 aromatic heterocycles. The lowest BCUT2D eigenvalue weighted by Gasteiger charge is -2.21. The zero-order chi connectivity index (χ0) is 20.0. The summed E-state index contributed by atoms with van der Waals surface area (Å²) in [5.74, 6) is 1.42. The van der Waals surface area contributed by atoms with Crippen LogP contribution in [0.2, 0.25) is 0 Å². The van der Waals surface area contributed by atoms with Crippen LogP contribution in [0.3, 0.4) is 0 Å². The lowest BCUT2D eigenvalue weighted by atomic mass is 10.0. The van der Waals surface area contributed by atoms with Gasteiger partial charge in [-0.1, -0.05) is 17.7 Å². The number of rotatable bonds is 7. The fraction of sp³-hybridized carbons (Fsp3) is 0.632. The van der Waals surface area contributed by atoms with Gasteiger partial charge in [-0.25, -0.2) is 8.42 Å². The normalized spacial score (nSPS) is 14.0. The van der Waals surface area contributed by atoms with Crippen LogP contribution in [0.1, 0.15) is 51.8 Å². The summed E-state index contributed by atoms with van der Waals surface area (Å²) in [5.41, 5.74) is 2.17. The predicted octanol–water partition coefficient (Wildman–Crippen LogP) is 2.83. The van der Waals surface area contributed by atoms with Crippen LogP contribution in [0.5, 0.6) is 5.75 Å². The fourth-order valence-electron chi connectivity index (χ4n) is 2.38. The summed E-state index contributed by atoms with van der Waals surface area (Å²) < 4.78 is 29.1. The fourth-order valence-corrected chi connectivity index (χ4v) is 3.32. The summed E-state index contributed by atoms with van der Waals surface area (Å²) in [7, 11) is -1.54. The molecule has 0 radical (unpaired) electrons. The third-order valence-electron chi connectivity index (χ3n) is 4.11. The molecule has 0 saturated carbocycles. The van der Waals surface area contributed by atoms with Gasteiger partial charge in [0.25, 0.3) is 0 Å². The summed E-state index contributed by atoms with van der Waals surface area (Å²) in [5, 5.41) is 6.49. The van der Waals surface area contributed by atoms with Gasteiger partial charge in [0.15, 0.2) is 15.8 Å². The van der Waals surface area contributed by atoms with Crippen LogP contribution in [-0.2, 0) is 9.84 Å². The Bertz CT molecular complexity index is 722. The Morgan fingerprint density at radius 3 is 2.50 bits per heavy atom. The van der Waals surface area contributed by atoms with Crippen LogP contribution < -0.4 is 15.4 Å². The van der Waals surface area contributed by atoms with Gasteiger partial charge < -0.3 is 15.4 Å². The van der Waals surface area contributed by atoms with E-state index in [1.165, 1.54) is 0 Å². The van der Waals surface area contributed by atoms with E-state index < -0.39 is 14.6 Å². The van der Waals surface area contributed by atoms with Gasteiger partial charge in [0.1, 0.15) is 5.75 Å². The van der Waals surface area contributed by atoms with Gasteiger partial charge >= 0.3 is 0 Å². The lowest BCUT2D eigenvalue weighted by molar-refractivity contribution is 0.405. The Balaban J connectivity index is 2.89. The van der Waals surface area contributed by atoms with E-state index in [4.69, 9.17) is 4.74 Å². The molecule has 1 atom stereocenters. The van der Waals surface area contributed by atoms with Crippen LogP contribution in [-0.4, -0.2) is 45.1 Å². The summed E-state index contributed by atoms with van der Waals surface area (Å²) >= 11 is 0. The van der Waals surface area contributed by atoms with E-state index in [1.54, 1.807) is 27.9 Å². The lowest BCUT2D eigenvalue weighted by Crippen LogP contribution is -2.39. The van der Waals surface area contributed by atoms with E-state index in [0.29, 0.717) is 12.5 Å². The minimum Gasteiger partial charge on any atom is -0.496 e. The van der Waals surface area contributed by atoms with Crippen molar-refractivity contribution in [2.45, 2.75) is 52.3 Å². The largest absolute Gasteiger partial charge is 0.496 e. The van der Waals surface area contributed by atoms with E-state index >= 15 is 0 Å². The molecule has 148 valence electrons. The summed E-state index contributed by atoms with van der Waals surface area (Å²) in [6.07, 6.45) is 0. The molecule has 6 nitrogen and oxygen atoms in total. The molecular weight excluding hydrogens is 350 g/mol. The number of methoxy groups -OCH3 is 1. The molecule has 0 saturated heterocycles. The number of benzene rings is 1. The SMILES string of the molecule is CCNC(=NCCS(=O)(=O)C(C)(C)C)NC(C)c1cc(C)ccc1OC. The van der Waals surface area contributed by atoms with E-state index in [2.05, 4.69) is 21.7 Å². The van der Waals surface area contributed by atoms with Crippen LogP contribution >= 0.6 is 0 Å². The topological polar surface area (TPSA) is 79.8 Å².